The fourth-order valence-electron chi connectivity index (χ4n) is 3.95. The molecular weight excluding hydrogens is 422 g/mol. The average molecular weight is 450 g/mol. The molecule has 0 radical (unpaired) electrons. The van der Waals surface area contributed by atoms with Crippen LogP contribution < -0.4 is 18.9 Å². The summed E-state index contributed by atoms with van der Waals surface area (Å²) < 4.78 is 27.6. The second-order valence-corrected chi connectivity index (χ2v) is 7.54. The summed E-state index contributed by atoms with van der Waals surface area (Å²) in [6, 6.07) is 14.6. The van der Waals surface area contributed by atoms with Gasteiger partial charge in [0.1, 0.15) is 23.9 Å². The summed E-state index contributed by atoms with van der Waals surface area (Å²) >= 11 is 0. The van der Waals surface area contributed by atoms with Crippen molar-refractivity contribution < 1.29 is 28.2 Å². The number of benzene rings is 2. The largest absolute Gasteiger partial charge is 0.497 e. The fraction of sp³-hybridized carbons (Fsp3) is 0.269. The summed E-state index contributed by atoms with van der Waals surface area (Å²) in [5.41, 5.74) is 2.09. The van der Waals surface area contributed by atoms with E-state index in [-0.39, 0.29) is 18.6 Å². The van der Waals surface area contributed by atoms with Crippen molar-refractivity contribution >= 4 is 12.0 Å². The smallest absolute Gasteiger partial charge is 0.247 e. The van der Waals surface area contributed by atoms with Gasteiger partial charge in [0.2, 0.25) is 5.91 Å². The molecule has 1 aliphatic rings. The van der Waals surface area contributed by atoms with Gasteiger partial charge >= 0.3 is 0 Å². The first-order chi connectivity index (χ1) is 16.1. The molecule has 2 heterocycles. The normalized spacial score (nSPS) is 15.2. The Labute approximate surface area is 193 Å². The SMILES string of the molecule is COc1ccc(OCC2c3cc(OC)c(OC)cc3CCN2C(=O)/C=C/c2ccco2)cc1. The first kappa shape index (κ1) is 22.3. The van der Waals surface area contributed by atoms with E-state index in [0.717, 1.165) is 16.9 Å². The number of rotatable bonds is 8. The molecule has 0 bridgehead atoms. The Morgan fingerprint density at radius 2 is 1.76 bits per heavy atom. The Balaban J connectivity index is 1.63. The number of carbonyl (C=O) groups is 1. The van der Waals surface area contributed by atoms with Crippen LogP contribution in [0.5, 0.6) is 23.0 Å². The van der Waals surface area contributed by atoms with Crippen LogP contribution in [0.1, 0.15) is 22.9 Å². The summed E-state index contributed by atoms with van der Waals surface area (Å²) in [6.45, 7) is 0.843. The Morgan fingerprint density at radius 3 is 2.42 bits per heavy atom. The molecule has 4 rings (SSSR count). The van der Waals surface area contributed by atoms with Crippen molar-refractivity contribution in [2.75, 3.05) is 34.5 Å². The number of hydrogen-bond donors (Lipinski definition) is 0. The molecule has 0 fully saturated rings. The molecule has 0 saturated carbocycles. The van der Waals surface area contributed by atoms with Crippen LogP contribution >= 0.6 is 0 Å². The van der Waals surface area contributed by atoms with Crippen LogP contribution in [0.3, 0.4) is 0 Å². The number of amides is 1. The number of hydrogen-bond acceptors (Lipinski definition) is 6. The van der Waals surface area contributed by atoms with E-state index >= 15 is 0 Å². The minimum atomic E-state index is -0.301. The fourth-order valence-corrected chi connectivity index (χ4v) is 3.95. The minimum absolute atomic E-state index is 0.116. The third kappa shape index (κ3) is 4.98. The highest BCUT2D eigenvalue weighted by molar-refractivity contribution is 5.92. The average Bonchev–Trinajstić information content (AvgIpc) is 3.38. The van der Waals surface area contributed by atoms with Crippen molar-refractivity contribution in [2.45, 2.75) is 12.5 Å². The molecule has 172 valence electrons. The number of furan rings is 1. The van der Waals surface area contributed by atoms with Gasteiger partial charge in [-0.05, 0) is 72.2 Å². The molecule has 1 aromatic heterocycles. The number of carbonyl (C=O) groups excluding carboxylic acids is 1. The Hall–Kier alpha value is -3.87. The van der Waals surface area contributed by atoms with Gasteiger partial charge in [-0.1, -0.05) is 0 Å². The first-order valence-electron chi connectivity index (χ1n) is 10.7. The second-order valence-electron chi connectivity index (χ2n) is 7.54. The maximum absolute atomic E-state index is 13.2. The van der Waals surface area contributed by atoms with Gasteiger partial charge in [-0.25, -0.2) is 0 Å². The maximum Gasteiger partial charge on any atom is 0.247 e. The summed E-state index contributed by atoms with van der Waals surface area (Å²) in [5.74, 6) is 3.24. The summed E-state index contributed by atoms with van der Waals surface area (Å²) in [6.07, 6.45) is 5.49. The molecule has 0 spiro atoms. The topological polar surface area (TPSA) is 70.4 Å². The van der Waals surface area contributed by atoms with E-state index in [0.29, 0.717) is 36.0 Å². The summed E-state index contributed by atoms with van der Waals surface area (Å²) in [7, 11) is 4.84. The van der Waals surface area contributed by atoms with E-state index in [1.165, 1.54) is 6.08 Å². The van der Waals surface area contributed by atoms with Crippen LogP contribution in [0.15, 0.2) is 65.3 Å². The van der Waals surface area contributed by atoms with Crippen LogP contribution in [0, 0.1) is 0 Å². The zero-order valence-corrected chi connectivity index (χ0v) is 18.9. The highest BCUT2D eigenvalue weighted by atomic mass is 16.5. The number of methoxy groups -OCH3 is 3. The quantitative estimate of drug-likeness (QED) is 0.471. The Bertz CT molecular complexity index is 1100. The monoisotopic (exact) mass is 449 g/mol. The van der Waals surface area contributed by atoms with E-state index in [9.17, 15) is 4.79 Å². The van der Waals surface area contributed by atoms with Crippen LogP contribution in [0.2, 0.25) is 0 Å². The lowest BCUT2D eigenvalue weighted by molar-refractivity contribution is -0.129. The second kappa shape index (κ2) is 10.2. The molecule has 7 heteroatoms. The van der Waals surface area contributed by atoms with Gasteiger partial charge in [0.05, 0.1) is 33.6 Å². The molecule has 1 atom stereocenters. The molecular formula is C26H27NO6. The number of fused-ring (bicyclic) bond motifs is 1. The van der Waals surface area contributed by atoms with E-state index in [4.69, 9.17) is 23.4 Å². The van der Waals surface area contributed by atoms with E-state index in [2.05, 4.69) is 0 Å². The molecule has 1 aliphatic heterocycles. The Kier molecular flexibility index (Phi) is 6.88. The molecule has 0 saturated heterocycles. The van der Waals surface area contributed by atoms with E-state index < -0.39 is 0 Å². The van der Waals surface area contributed by atoms with Crippen molar-refractivity contribution in [1.29, 1.82) is 0 Å². The van der Waals surface area contributed by atoms with Gasteiger partial charge < -0.3 is 28.3 Å². The molecule has 0 N–H and O–H groups in total. The third-order valence-electron chi connectivity index (χ3n) is 5.69. The van der Waals surface area contributed by atoms with Gasteiger partial charge in [-0.2, -0.15) is 0 Å². The Morgan fingerprint density at radius 1 is 1.03 bits per heavy atom. The zero-order valence-electron chi connectivity index (χ0n) is 18.9. The van der Waals surface area contributed by atoms with Crippen molar-refractivity contribution in [2.24, 2.45) is 0 Å². The zero-order chi connectivity index (χ0) is 23.2. The molecule has 1 unspecified atom stereocenters. The van der Waals surface area contributed by atoms with Crippen molar-refractivity contribution in [3.63, 3.8) is 0 Å². The summed E-state index contributed by atoms with van der Waals surface area (Å²) in [4.78, 5) is 15.0. The standard InChI is InChI=1S/C26H27NO6/c1-29-19-6-8-21(9-7-19)33-17-23-22-16-25(31-3)24(30-2)15-18(22)12-13-27(23)26(28)11-10-20-5-4-14-32-20/h4-11,14-16,23H,12-13,17H2,1-3H3/b11-10+. The van der Waals surface area contributed by atoms with Gasteiger partial charge in [0, 0.05) is 12.6 Å². The predicted molar refractivity (Wildman–Crippen MR) is 124 cm³/mol. The number of nitrogens with zero attached hydrogens (tertiary/aromatic N) is 1. The van der Waals surface area contributed by atoms with Crippen LogP contribution in [-0.2, 0) is 11.2 Å². The minimum Gasteiger partial charge on any atom is -0.497 e. The van der Waals surface area contributed by atoms with Gasteiger partial charge in [0.25, 0.3) is 0 Å². The van der Waals surface area contributed by atoms with Crippen molar-refractivity contribution in [1.82, 2.24) is 4.90 Å². The third-order valence-corrected chi connectivity index (χ3v) is 5.69. The van der Waals surface area contributed by atoms with Crippen molar-refractivity contribution in [3.05, 3.63) is 77.8 Å². The lowest BCUT2D eigenvalue weighted by atomic mass is 9.92. The van der Waals surface area contributed by atoms with Crippen LogP contribution in [-0.4, -0.2) is 45.3 Å². The highest BCUT2D eigenvalue weighted by Gasteiger charge is 2.32. The lowest BCUT2D eigenvalue weighted by Gasteiger charge is -2.37. The maximum atomic E-state index is 13.2. The van der Waals surface area contributed by atoms with Gasteiger partial charge in [-0.15, -0.1) is 0 Å². The predicted octanol–water partition coefficient (Wildman–Crippen LogP) is 4.52. The van der Waals surface area contributed by atoms with Crippen LogP contribution in [0.4, 0.5) is 0 Å². The molecule has 2 aromatic carbocycles. The lowest BCUT2D eigenvalue weighted by Crippen LogP contribution is -2.41. The van der Waals surface area contributed by atoms with Crippen molar-refractivity contribution in [3.8, 4) is 23.0 Å². The van der Waals surface area contributed by atoms with E-state index in [1.807, 2.05) is 41.3 Å². The van der Waals surface area contributed by atoms with Gasteiger partial charge in [0.15, 0.2) is 11.5 Å². The number of ether oxygens (including phenoxy) is 4. The summed E-state index contributed by atoms with van der Waals surface area (Å²) in [5, 5.41) is 0. The molecule has 0 aliphatic carbocycles. The highest BCUT2D eigenvalue weighted by Crippen LogP contribution is 2.38. The molecule has 33 heavy (non-hydrogen) atoms. The molecule has 7 nitrogen and oxygen atoms in total. The van der Waals surface area contributed by atoms with Crippen LogP contribution in [0.25, 0.3) is 6.08 Å². The molecule has 1 amide bonds. The molecule has 3 aromatic rings. The van der Waals surface area contributed by atoms with Gasteiger partial charge in [-0.3, -0.25) is 4.79 Å². The first-order valence-corrected chi connectivity index (χ1v) is 10.7. The van der Waals surface area contributed by atoms with E-state index in [1.54, 1.807) is 45.8 Å².